The van der Waals surface area contributed by atoms with Crippen LogP contribution in [0.4, 0.5) is 9.59 Å². The van der Waals surface area contributed by atoms with E-state index in [4.69, 9.17) is 15.2 Å². The van der Waals surface area contributed by atoms with Gasteiger partial charge in [0.2, 0.25) is 0 Å². The van der Waals surface area contributed by atoms with E-state index < -0.39 is 11.2 Å². The fourth-order valence-corrected chi connectivity index (χ4v) is 5.60. The third-order valence-electron chi connectivity index (χ3n) is 7.79. The summed E-state index contributed by atoms with van der Waals surface area (Å²) < 4.78 is 10.8. The molecule has 0 aromatic heterocycles. The highest BCUT2D eigenvalue weighted by atomic mass is 16.6. The second-order valence-electron chi connectivity index (χ2n) is 13.5. The van der Waals surface area contributed by atoms with Gasteiger partial charge in [0.25, 0.3) is 0 Å². The molecule has 0 radical (unpaired) electrons. The smallest absolute Gasteiger partial charge is 0.410 e. The van der Waals surface area contributed by atoms with Crippen LogP contribution in [-0.4, -0.2) is 65.9 Å². The molecule has 2 aromatic rings. The molecule has 0 saturated carbocycles. The van der Waals surface area contributed by atoms with E-state index in [-0.39, 0.29) is 12.2 Å². The lowest BCUT2D eigenvalue weighted by Gasteiger charge is -2.36. The van der Waals surface area contributed by atoms with Gasteiger partial charge >= 0.3 is 12.2 Å². The lowest BCUT2D eigenvalue weighted by atomic mass is 9.80. The SMILES string of the molecule is CC(C)(C)OC(=O)N1CCC(=C(C#N)c2ccccc2)CC1.CC(C)(C)OC(=O)N1CCC(C(CN)c2ccccc2)CC1. The van der Waals surface area contributed by atoms with Crippen LogP contribution in [0.1, 0.15) is 84.3 Å². The van der Waals surface area contributed by atoms with Gasteiger partial charge in [-0.3, -0.25) is 0 Å². The second kappa shape index (κ2) is 15.8. The Hall–Kier alpha value is -3.83. The highest BCUT2D eigenvalue weighted by Crippen LogP contribution is 2.32. The first-order chi connectivity index (χ1) is 20.8. The summed E-state index contributed by atoms with van der Waals surface area (Å²) in [5.41, 5.74) is 9.21. The lowest BCUT2D eigenvalue weighted by Crippen LogP contribution is -2.43. The Bertz CT molecular complexity index is 1270. The Morgan fingerprint density at radius 2 is 1.27 bits per heavy atom. The molecule has 4 rings (SSSR count). The van der Waals surface area contributed by atoms with Crippen LogP contribution in [0, 0.1) is 17.2 Å². The number of nitrogens with two attached hydrogens (primary N) is 1. The van der Waals surface area contributed by atoms with E-state index in [0.717, 1.165) is 55.5 Å². The Morgan fingerprint density at radius 1 is 0.818 bits per heavy atom. The number of nitriles is 1. The quantitative estimate of drug-likeness (QED) is 0.366. The highest BCUT2D eigenvalue weighted by Gasteiger charge is 2.31. The van der Waals surface area contributed by atoms with Crippen molar-refractivity contribution in [3.8, 4) is 6.07 Å². The van der Waals surface area contributed by atoms with Gasteiger partial charge in [0, 0.05) is 26.2 Å². The summed E-state index contributed by atoms with van der Waals surface area (Å²) in [6.45, 7) is 14.7. The molecule has 238 valence electrons. The van der Waals surface area contributed by atoms with E-state index in [1.165, 1.54) is 5.56 Å². The van der Waals surface area contributed by atoms with Crippen LogP contribution >= 0.6 is 0 Å². The number of carbonyl (C=O) groups excluding carboxylic acids is 2. The van der Waals surface area contributed by atoms with Crippen LogP contribution in [0.15, 0.2) is 66.2 Å². The number of carbonyl (C=O) groups is 2. The molecule has 44 heavy (non-hydrogen) atoms. The van der Waals surface area contributed by atoms with Gasteiger partial charge in [-0.25, -0.2) is 9.59 Å². The zero-order valence-corrected chi connectivity index (χ0v) is 27.3. The second-order valence-corrected chi connectivity index (χ2v) is 13.5. The summed E-state index contributed by atoms with van der Waals surface area (Å²) in [5, 5.41) is 9.45. The Balaban J connectivity index is 0.000000240. The van der Waals surface area contributed by atoms with Gasteiger partial charge in [0.1, 0.15) is 11.2 Å². The average molecular weight is 603 g/mol. The number of ether oxygens (including phenoxy) is 2. The largest absolute Gasteiger partial charge is 0.444 e. The van der Waals surface area contributed by atoms with E-state index >= 15 is 0 Å². The van der Waals surface area contributed by atoms with Crippen molar-refractivity contribution in [2.75, 3.05) is 32.7 Å². The van der Waals surface area contributed by atoms with Gasteiger partial charge in [0.05, 0.1) is 11.6 Å². The van der Waals surface area contributed by atoms with E-state index in [1.54, 1.807) is 4.90 Å². The first kappa shape index (κ1) is 34.7. The van der Waals surface area contributed by atoms with Crippen molar-refractivity contribution in [1.29, 1.82) is 5.26 Å². The average Bonchev–Trinajstić information content (AvgIpc) is 2.98. The minimum atomic E-state index is -0.477. The molecule has 8 heteroatoms. The molecule has 2 amide bonds. The van der Waals surface area contributed by atoms with Crippen molar-refractivity contribution in [2.45, 2.75) is 84.3 Å². The van der Waals surface area contributed by atoms with Crippen LogP contribution in [0.25, 0.3) is 5.57 Å². The van der Waals surface area contributed by atoms with Crippen LogP contribution in [0.5, 0.6) is 0 Å². The molecule has 2 fully saturated rings. The fourth-order valence-electron chi connectivity index (χ4n) is 5.60. The number of amides is 2. The van der Waals surface area contributed by atoms with Gasteiger partial charge in [-0.1, -0.05) is 60.7 Å². The number of hydrogen-bond donors (Lipinski definition) is 1. The predicted octanol–water partition coefficient (Wildman–Crippen LogP) is 7.37. The molecule has 2 aliphatic heterocycles. The first-order valence-electron chi connectivity index (χ1n) is 15.7. The molecule has 2 saturated heterocycles. The molecule has 2 aromatic carbocycles. The standard InChI is InChI=1S/C18H28N2O2.C18H22N2O2/c2*1-18(2,3)22-17(21)20-11-9-15(10-12-20)16(13-19)14-7-5-4-6-8-14/h4-8,15-16H,9-13,19H2,1-3H3;4-8H,9-12H2,1-3H3. The fraction of sp³-hybridized carbons (Fsp3) is 0.528. The van der Waals surface area contributed by atoms with Gasteiger partial charge in [-0.2, -0.15) is 5.26 Å². The maximum atomic E-state index is 12.1. The van der Waals surface area contributed by atoms with Gasteiger partial charge in [0.15, 0.2) is 0 Å². The summed E-state index contributed by atoms with van der Waals surface area (Å²) in [4.78, 5) is 27.7. The van der Waals surface area contributed by atoms with Crippen LogP contribution < -0.4 is 5.73 Å². The molecule has 1 atom stereocenters. The monoisotopic (exact) mass is 602 g/mol. The lowest BCUT2D eigenvalue weighted by molar-refractivity contribution is 0.0173. The zero-order chi connectivity index (χ0) is 32.3. The van der Waals surface area contributed by atoms with Crippen molar-refractivity contribution in [2.24, 2.45) is 11.7 Å². The summed E-state index contributed by atoms with van der Waals surface area (Å²) in [5.74, 6) is 0.910. The van der Waals surface area contributed by atoms with E-state index in [9.17, 15) is 14.9 Å². The van der Waals surface area contributed by atoms with Crippen molar-refractivity contribution in [1.82, 2.24) is 9.80 Å². The van der Waals surface area contributed by atoms with Crippen molar-refractivity contribution in [3.63, 3.8) is 0 Å². The molecule has 2 heterocycles. The third-order valence-corrected chi connectivity index (χ3v) is 7.79. The van der Waals surface area contributed by atoms with Gasteiger partial charge < -0.3 is 25.0 Å². The molecule has 8 nitrogen and oxygen atoms in total. The topological polar surface area (TPSA) is 109 Å². The van der Waals surface area contributed by atoms with E-state index in [0.29, 0.717) is 31.5 Å². The maximum absolute atomic E-state index is 12.1. The molecule has 2 aliphatic rings. The van der Waals surface area contributed by atoms with Gasteiger partial charge in [-0.15, -0.1) is 0 Å². The Labute approximate surface area is 263 Å². The summed E-state index contributed by atoms with van der Waals surface area (Å²) in [6.07, 6.45) is 2.93. The van der Waals surface area contributed by atoms with Crippen LogP contribution in [-0.2, 0) is 9.47 Å². The zero-order valence-electron chi connectivity index (χ0n) is 27.3. The van der Waals surface area contributed by atoms with E-state index in [1.807, 2.05) is 82.8 Å². The minimum Gasteiger partial charge on any atom is -0.444 e. The molecule has 2 N–H and O–H groups in total. The van der Waals surface area contributed by atoms with Crippen molar-refractivity contribution < 1.29 is 19.1 Å². The summed E-state index contributed by atoms with van der Waals surface area (Å²) in [7, 11) is 0. The van der Waals surface area contributed by atoms with Crippen LogP contribution in [0.3, 0.4) is 0 Å². The molecule has 0 aliphatic carbocycles. The highest BCUT2D eigenvalue weighted by molar-refractivity contribution is 5.79. The maximum Gasteiger partial charge on any atom is 0.410 e. The molecule has 1 unspecified atom stereocenters. The number of nitrogens with zero attached hydrogens (tertiary/aromatic N) is 3. The van der Waals surface area contributed by atoms with Crippen LogP contribution in [0.2, 0.25) is 0 Å². The van der Waals surface area contributed by atoms with Gasteiger partial charge in [-0.05, 0) is 102 Å². The number of likely N-dealkylation sites (tertiary alicyclic amines) is 2. The third kappa shape index (κ3) is 10.7. The summed E-state index contributed by atoms with van der Waals surface area (Å²) >= 11 is 0. The number of piperidine rings is 2. The number of benzene rings is 2. The molecule has 0 bridgehead atoms. The minimum absolute atomic E-state index is 0.199. The summed E-state index contributed by atoms with van der Waals surface area (Å²) in [6, 6.07) is 22.5. The molecular weight excluding hydrogens is 552 g/mol. The number of hydrogen-bond acceptors (Lipinski definition) is 6. The normalized spacial score (nSPS) is 16.6. The van der Waals surface area contributed by atoms with Crippen molar-refractivity contribution >= 4 is 17.8 Å². The number of rotatable bonds is 4. The Kier molecular flexibility index (Phi) is 12.4. The first-order valence-corrected chi connectivity index (χ1v) is 15.7. The van der Waals surface area contributed by atoms with Crippen molar-refractivity contribution in [3.05, 3.63) is 77.4 Å². The Morgan fingerprint density at radius 3 is 1.70 bits per heavy atom. The predicted molar refractivity (Wildman–Crippen MR) is 175 cm³/mol. The molecule has 0 spiro atoms. The van der Waals surface area contributed by atoms with E-state index in [2.05, 4.69) is 30.3 Å². The number of allylic oxidation sites excluding steroid dienone is 1. The molecular formula is C36H50N4O4.